The fourth-order valence-corrected chi connectivity index (χ4v) is 5.15. The molecular formula is C23H13N3O7S2. The molecule has 0 aliphatic carbocycles. The third-order valence-electron chi connectivity index (χ3n) is 4.69. The van der Waals surface area contributed by atoms with E-state index in [4.69, 9.17) is 19.1 Å². The Balaban J connectivity index is 1.71. The second kappa shape index (κ2) is 8.95. The van der Waals surface area contributed by atoms with E-state index in [0.29, 0.717) is 0 Å². The molecule has 12 heteroatoms. The summed E-state index contributed by atoms with van der Waals surface area (Å²) in [6.07, 6.45) is 0. The van der Waals surface area contributed by atoms with E-state index in [1.165, 1.54) is 60.7 Å². The first-order valence-corrected chi connectivity index (χ1v) is 12.6. The average molecular weight is 508 g/mol. The summed E-state index contributed by atoms with van der Waals surface area (Å²) in [6.45, 7) is 0. The zero-order valence-corrected chi connectivity index (χ0v) is 19.1. The molecule has 3 aromatic carbocycles. The van der Waals surface area contributed by atoms with E-state index in [9.17, 15) is 21.6 Å². The van der Waals surface area contributed by atoms with Gasteiger partial charge in [0.05, 0.1) is 28.2 Å². The number of hydrogen-bond donors (Lipinski definition) is 1. The molecule has 0 radical (unpaired) electrons. The number of nitrogens with zero attached hydrogens (tertiary/aromatic N) is 2. The molecular weight excluding hydrogens is 494 g/mol. The molecule has 0 saturated heterocycles. The van der Waals surface area contributed by atoms with Crippen LogP contribution in [0.3, 0.4) is 0 Å². The van der Waals surface area contributed by atoms with Gasteiger partial charge in [-0.15, -0.1) is 0 Å². The third kappa shape index (κ3) is 4.84. The number of nitriles is 2. The Bertz CT molecular complexity index is 1830. The van der Waals surface area contributed by atoms with Crippen molar-refractivity contribution in [1.29, 1.82) is 10.5 Å². The van der Waals surface area contributed by atoms with E-state index in [1.54, 1.807) is 0 Å². The second-order valence-electron chi connectivity index (χ2n) is 7.04. The highest BCUT2D eigenvalue weighted by molar-refractivity contribution is 7.92. The predicted molar refractivity (Wildman–Crippen MR) is 123 cm³/mol. The van der Waals surface area contributed by atoms with Crippen molar-refractivity contribution in [2.24, 2.45) is 0 Å². The summed E-state index contributed by atoms with van der Waals surface area (Å²) >= 11 is 0. The van der Waals surface area contributed by atoms with Gasteiger partial charge in [0.15, 0.2) is 11.3 Å². The van der Waals surface area contributed by atoms with Crippen LogP contribution in [0.15, 0.2) is 91.8 Å². The van der Waals surface area contributed by atoms with Crippen LogP contribution in [0.5, 0.6) is 5.75 Å². The predicted octanol–water partition coefficient (Wildman–Crippen LogP) is 3.10. The maximum Gasteiger partial charge on any atom is 0.360 e. The molecule has 0 aliphatic heterocycles. The molecule has 0 fully saturated rings. The van der Waals surface area contributed by atoms with Crippen molar-refractivity contribution in [3.8, 4) is 17.9 Å². The van der Waals surface area contributed by atoms with E-state index >= 15 is 0 Å². The fraction of sp³-hybridized carbons (Fsp3) is 0. The van der Waals surface area contributed by atoms with E-state index in [1.807, 2.05) is 12.1 Å². The van der Waals surface area contributed by atoms with Gasteiger partial charge in [-0.25, -0.2) is 13.2 Å². The number of sulfonamides is 1. The van der Waals surface area contributed by atoms with Gasteiger partial charge in [-0.3, -0.25) is 4.72 Å². The van der Waals surface area contributed by atoms with Gasteiger partial charge in [0.2, 0.25) is 0 Å². The quantitative estimate of drug-likeness (QED) is 0.304. The van der Waals surface area contributed by atoms with E-state index in [2.05, 4.69) is 4.72 Å². The summed E-state index contributed by atoms with van der Waals surface area (Å²) in [4.78, 5) is 12.0. The van der Waals surface area contributed by atoms with Crippen molar-refractivity contribution in [3.63, 3.8) is 0 Å². The van der Waals surface area contributed by atoms with Crippen LogP contribution >= 0.6 is 0 Å². The Kier molecular flexibility index (Phi) is 6.01. The number of nitrogens with one attached hydrogen (secondary N) is 1. The topological polar surface area (TPSA) is 167 Å². The van der Waals surface area contributed by atoms with E-state index in [-0.39, 0.29) is 37.6 Å². The van der Waals surface area contributed by atoms with Gasteiger partial charge in [-0.05, 0) is 48.5 Å². The lowest BCUT2D eigenvalue weighted by atomic mass is 10.2. The minimum absolute atomic E-state index is 0.108. The second-order valence-corrected chi connectivity index (χ2v) is 10.3. The maximum absolute atomic E-state index is 12.7. The fourth-order valence-electron chi connectivity index (χ4n) is 3.08. The summed E-state index contributed by atoms with van der Waals surface area (Å²) in [6, 6.07) is 19.4. The van der Waals surface area contributed by atoms with Crippen LogP contribution < -0.4 is 14.5 Å². The number of fused-ring (bicyclic) bond motifs is 1. The van der Waals surface area contributed by atoms with E-state index < -0.39 is 31.5 Å². The molecule has 174 valence electrons. The first-order valence-electron chi connectivity index (χ1n) is 9.67. The Morgan fingerprint density at radius 2 is 1.40 bits per heavy atom. The van der Waals surface area contributed by atoms with Gasteiger partial charge >= 0.3 is 15.7 Å². The van der Waals surface area contributed by atoms with Crippen molar-refractivity contribution in [2.45, 2.75) is 9.79 Å². The Labute approximate surface area is 199 Å². The lowest BCUT2D eigenvalue weighted by Gasteiger charge is -2.11. The summed E-state index contributed by atoms with van der Waals surface area (Å²) in [5.74, 6) is -0.307. The van der Waals surface area contributed by atoms with Crippen molar-refractivity contribution in [1.82, 2.24) is 0 Å². The molecule has 4 rings (SSSR count). The standard InChI is InChI=1S/C23H13N3O7S2/c24-13-15-4-1-7-18(10-15)34(28,29)26-20-12-17-6-3-9-21(22(17)32-23(20)27)33-35(30,31)19-8-2-5-16(11-19)14-25/h1-12,26H. The van der Waals surface area contributed by atoms with Crippen LogP contribution in [0, 0.1) is 22.7 Å². The third-order valence-corrected chi connectivity index (χ3v) is 7.29. The van der Waals surface area contributed by atoms with E-state index in [0.717, 1.165) is 12.1 Å². The van der Waals surface area contributed by atoms with Gasteiger partial charge in [0.1, 0.15) is 10.6 Å². The van der Waals surface area contributed by atoms with Gasteiger partial charge < -0.3 is 8.60 Å². The Morgan fingerprint density at radius 1 is 0.800 bits per heavy atom. The van der Waals surface area contributed by atoms with Crippen molar-refractivity contribution in [2.75, 3.05) is 4.72 Å². The number of para-hydroxylation sites is 1. The Morgan fingerprint density at radius 3 is 2.06 bits per heavy atom. The smallest absolute Gasteiger partial charge is 0.360 e. The molecule has 0 spiro atoms. The van der Waals surface area contributed by atoms with Crippen LogP contribution in [-0.2, 0) is 20.1 Å². The van der Waals surface area contributed by atoms with Crippen molar-refractivity contribution < 1.29 is 25.4 Å². The monoisotopic (exact) mass is 507 g/mol. The lowest BCUT2D eigenvalue weighted by Crippen LogP contribution is -2.18. The minimum atomic E-state index is -4.38. The molecule has 0 aliphatic rings. The summed E-state index contributed by atoms with van der Waals surface area (Å²) < 4.78 is 63.3. The normalized spacial score (nSPS) is 11.4. The zero-order valence-electron chi connectivity index (χ0n) is 17.5. The van der Waals surface area contributed by atoms with Gasteiger partial charge in [-0.2, -0.15) is 18.9 Å². The SMILES string of the molecule is N#Cc1cccc(S(=O)(=O)Nc2cc3cccc(OS(=O)(=O)c4cccc(C#N)c4)c3oc2=O)c1. The summed E-state index contributed by atoms with van der Waals surface area (Å²) in [7, 11) is -8.62. The van der Waals surface area contributed by atoms with Gasteiger partial charge in [0, 0.05) is 5.39 Å². The first-order chi connectivity index (χ1) is 16.6. The highest BCUT2D eigenvalue weighted by atomic mass is 32.2. The number of anilines is 1. The zero-order chi connectivity index (χ0) is 25.2. The first kappa shape index (κ1) is 23.5. The molecule has 4 aromatic rings. The van der Waals surface area contributed by atoms with Crippen LogP contribution in [0.4, 0.5) is 5.69 Å². The van der Waals surface area contributed by atoms with Crippen LogP contribution in [0.25, 0.3) is 11.0 Å². The minimum Gasteiger partial charge on any atom is -0.417 e. The molecule has 10 nitrogen and oxygen atoms in total. The number of benzene rings is 3. The molecule has 1 N–H and O–H groups in total. The van der Waals surface area contributed by atoms with Crippen LogP contribution in [0.2, 0.25) is 0 Å². The summed E-state index contributed by atoms with van der Waals surface area (Å²) in [5.41, 5.74) is -1.54. The molecule has 0 amide bonds. The van der Waals surface area contributed by atoms with Crippen molar-refractivity contribution in [3.05, 3.63) is 94.3 Å². The van der Waals surface area contributed by atoms with Gasteiger partial charge in [-0.1, -0.05) is 24.3 Å². The van der Waals surface area contributed by atoms with Crippen LogP contribution in [-0.4, -0.2) is 16.8 Å². The highest BCUT2D eigenvalue weighted by Crippen LogP contribution is 2.29. The molecule has 1 heterocycles. The maximum atomic E-state index is 12.7. The molecule has 35 heavy (non-hydrogen) atoms. The summed E-state index contributed by atoms with van der Waals surface area (Å²) in [5, 5.41) is 18.2. The number of hydrogen-bond acceptors (Lipinski definition) is 9. The molecule has 0 saturated carbocycles. The number of rotatable bonds is 6. The Hall–Kier alpha value is -4.65. The lowest BCUT2D eigenvalue weighted by molar-refractivity contribution is 0.475. The largest absolute Gasteiger partial charge is 0.417 e. The molecule has 0 bridgehead atoms. The average Bonchev–Trinajstić information content (AvgIpc) is 2.85. The van der Waals surface area contributed by atoms with Gasteiger partial charge in [0.25, 0.3) is 10.0 Å². The molecule has 0 unspecified atom stereocenters. The highest BCUT2D eigenvalue weighted by Gasteiger charge is 2.22. The van der Waals surface area contributed by atoms with Crippen LogP contribution in [0.1, 0.15) is 11.1 Å². The molecule has 0 atom stereocenters. The molecule has 1 aromatic heterocycles. The van der Waals surface area contributed by atoms with Crippen molar-refractivity contribution >= 4 is 36.8 Å².